The molecule has 0 bridgehead atoms. The van der Waals surface area contributed by atoms with E-state index in [0.717, 1.165) is 20.6 Å². The van der Waals surface area contributed by atoms with Crippen LogP contribution in [0.1, 0.15) is 0 Å². The van der Waals surface area contributed by atoms with Crippen molar-refractivity contribution in [2.75, 3.05) is 91.7 Å². The molecule has 0 saturated heterocycles. The minimum Gasteiger partial charge on any atom is -0.400 e. The second-order valence-electron chi connectivity index (χ2n) is 9.39. The summed E-state index contributed by atoms with van der Waals surface area (Å²) >= 11 is 0. The Bertz CT molecular complexity index is 475. The molecule has 0 aromatic rings. The Morgan fingerprint density at radius 2 is 0.310 bits per heavy atom. The molecule has 42 heavy (non-hydrogen) atoms. The van der Waals surface area contributed by atoms with Gasteiger partial charge >= 0.3 is 35.6 Å². The van der Waals surface area contributed by atoms with Crippen LogP contribution < -0.4 is 0 Å². The average Bonchev–Trinajstić information content (AvgIpc) is 2.47. The standard InChI is InChI=1S/3C4H12N.CH4O.La.6NO3/c3*1-5(2,3)4;1-2;;6*2-1(3)4/h3*1-4H3;2H,1H3;;;;;;;/q3*+1;;+3;6*-1. The van der Waals surface area contributed by atoms with Gasteiger partial charge in [0.25, 0.3) is 0 Å². The molecule has 29 heteroatoms. The van der Waals surface area contributed by atoms with Gasteiger partial charge in [0.05, 0.1) is 115 Å². The van der Waals surface area contributed by atoms with E-state index in [1.54, 1.807) is 0 Å². The van der Waals surface area contributed by atoms with Crippen LogP contribution in [-0.2, 0) is 0 Å². The van der Waals surface area contributed by atoms with E-state index in [1.807, 2.05) is 0 Å². The molecule has 0 saturated carbocycles. The summed E-state index contributed by atoms with van der Waals surface area (Å²) in [6.45, 7) is 0. The summed E-state index contributed by atoms with van der Waals surface area (Å²) in [6, 6.07) is 0. The SMILES string of the molecule is CO.C[N+](C)(C)C.C[N+](C)(C)C.C[N+](C)(C)C.O=[N+]([O-])[O-].O=[N+]([O-])[O-].O=[N+]([O-])[O-].O=[N+]([O-])[O-].O=[N+]([O-])[O-].O=[N+]([O-])[O-].[La+3]. The fourth-order valence-corrected chi connectivity index (χ4v) is 0. The molecule has 0 unspecified atom stereocenters. The van der Waals surface area contributed by atoms with Gasteiger partial charge in [-0.15, -0.1) is 0 Å². The van der Waals surface area contributed by atoms with Crippen molar-refractivity contribution in [2.24, 2.45) is 0 Å². The van der Waals surface area contributed by atoms with Crippen molar-refractivity contribution < 1.29 is 84.7 Å². The van der Waals surface area contributed by atoms with Crippen LogP contribution in [-0.4, -0.2) is 141 Å². The summed E-state index contributed by atoms with van der Waals surface area (Å²) in [6.07, 6.45) is 0. The first-order valence-corrected chi connectivity index (χ1v) is 9.10. The summed E-state index contributed by atoms with van der Waals surface area (Å²) in [4.78, 5) is 49.5. The van der Waals surface area contributed by atoms with Crippen molar-refractivity contribution in [3.8, 4) is 0 Å². The molecule has 0 radical (unpaired) electrons. The number of rotatable bonds is 0. The van der Waals surface area contributed by atoms with Crippen LogP contribution in [0.3, 0.4) is 0 Å². The molecule has 28 nitrogen and oxygen atoms in total. The van der Waals surface area contributed by atoms with Crippen molar-refractivity contribution in [2.45, 2.75) is 0 Å². The normalized spacial score (nSPS) is 7.86. The molecule has 0 heterocycles. The van der Waals surface area contributed by atoms with Crippen molar-refractivity contribution >= 4 is 0 Å². The van der Waals surface area contributed by atoms with E-state index in [0.29, 0.717) is 0 Å². The van der Waals surface area contributed by atoms with Gasteiger partial charge in [-0.25, -0.2) is 0 Å². The number of hydrogen-bond donors (Lipinski definition) is 1. The molecule has 0 atom stereocenters. The topological polar surface area (TPSA) is 417 Å². The third kappa shape index (κ3) is 3170. The van der Waals surface area contributed by atoms with Gasteiger partial charge < -0.3 is 110 Å². The third-order valence-electron chi connectivity index (χ3n) is 0. The first-order chi connectivity index (χ1) is 17.4. The molecule has 0 rings (SSSR count). The van der Waals surface area contributed by atoms with Gasteiger partial charge in [-0.2, -0.15) is 0 Å². The summed E-state index contributed by atoms with van der Waals surface area (Å²) in [7, 11) is 26.5. The molecule has 0 aliphatic heterocycles. The Morgan fingerprint density at radius 1 is 0.310 bits per heavy atom. The van der Waals surface area contributed by atoms with Crippen molar-refractivity contribution in [1.82, 2.24) is 0 Å². The fourth-order valence-electron chi connectivity index (χ4n) is 0. The first-order valence-electron chi connectivity index (χ1n) is 9.10. The zero-order chi connectivity index (χ0) is 37.0. The van der Waals surface area contributed by atoms with Crippen LogP contribution in [0.25, 0.3) is 0 Å². The Hall–Kier alpha value is -3.77. The van der Waals surface area contributed by atoms with Gasteiger partial charge in [0.1, 0.15) is 0 Å². The van der Waals surface area contributed by atoms with E-state index in [9.17, 15) is 0 Å². The van der Waals surface area contributed by atoms with Crippen molar-refractivity contribution in [3.05, 3.63) is 91.9 Å². The second kappa shape index (κ2) is 47.0. The molecule has 0 aliphatic carbocycles. The largest absolute Gasteiger partial charge is 3.00 e. The van der Waals surface area contributed by atoms with Crippen molar-refractivity contribution in [3.63, 3.8) is 0 Å². The maximum atomic E-state index is 8.25. The van der Waals surface area contributed by atoms with E-state index < -0.39 is 30.5 Å². The van der Waals surface area contributed by atoms with Gasteiger partial charge in [-0.3, -0.25) is 0 Å². The zero-order valence-corrected chi connectivity index (χ0v) is 29.0. The molecule has 0 fully saturated rings. The molecule has 1 N–H and O–H groups in total. The van der Waals surface area contributed by atoms with Crippen LogP contribution in [0.2, 0.25) is 0 Å². The molecule has 0 spiro atoms. The Morgan fingerprint density at radius 3 is 0.310 bits per heavy atom. The number of aliphatic hydroxyl groups is 1. The summed E-state index contributed by atoms with van der Waals surface area (Å²) in [5.41, 5.74) is 0. The fraction of sp³-hybridized carbons (Fsp3) is 1.00. The number of hydrogen-bond acceptors (Lipinski definition) is 19. The summed E-state index contributed by atoms with van der Waals surface area (Å²) in [5, 5.41) is 95.5. The van der Waals surface area contributed by atoms with Crippen LogP contribution in [0.5, 0.6) is 0 Å². The summed E-state index contributed by atoms with van der Waals surface area (Å²) in [5.74, 6) is 0. The second-order valence-corrected chi connectivity index (χ2v) is 9.39. The van der Waals surface area contributed by atoms with E-state index in [-0.39, 0.29) is 35.6 Å². The molecule has 0 aromatic heterocycles. The minimum absolute atomic E-state index is 0. The van der Waals surface area contributed by atoms with Crippen LogP contribution in [0.15, 0.2) is 0 Å². The zero-order valence-electron chi connectivity index (χ0n) is 25.4. The van der Waals surface area contributed by atoms with E-state index >= 15 is 0 Å². The Labute approximate surface area is 267 Å². The first kappa shape index (κ1) is 71.5. The van der Waals surface area contributed by atoms with E-state index in [1.165, 1.54) is 0 Å². The third-order valence-corrected chi connectivity index (χ3v) is 0. The van der Waals surface area contributed by atoms with Gasteiger partial charge in [0, 0.05) is 7.11 Å². The number of aliphatic hydroxyl groups excluding tert-OH is 1. The smallest absolute Gasteiger partial charge is 0.400 e. The summed E-state index contributed by atoms with van der Waals surface area (Å²) < 4.78 is 3.00. The van der Waals surface area contributed by atoms with Crippen LogP contribution in [0, 0.1) is 128 Å². The van der Waals surface area contributed by atoms with Crippen LogP contribution >= 0.6 is 0 Å². The molecular weight excluding hydrogens is 725 g/mol. The van der Waals surface area contributed by atoms with Gasteiger partial charge in [0.2, 0.25) is 0 Å². The van der Waals surface area contributed by atoms with Crippen molar-refractivity contribution in [1.29, 1.82) is 0 Å². The van der Waals surface area contributed by atoms with Gasteiger partial charge in [0.15, 0.2) is 0 Å². The molecular formula is C13H40LaN9O19. The molecule has 0 amide bonds. The van der Waals surface area contributed by atoms with Gasteiger partial charge in [-0.05, 0) is 0 Å². The quantitative estimate of drug-likeness (QED) is 0.178. The maximum absolute atomic E-state index is 8.25. The molecule has 254 valence electrons. The Kier molecular flexibility index (Phi) is 80.1. The minimum atomic E-state index is -1.75. The van der Waals surface area contributed by atoms with Gasteiger partial charge in [-0.1, -0.05) is 0 Å². The number of nitrogens with zero attached hydrogens (tertiary/aromatic N) is 9. The Balaban J connectivity index is -0.0000000283. The van der Waals surface area contributed by atoms with E-state index in [2.05, 4.69) is 84.6 Å². The predicted molar refractivity (Wildman–Crippen MR) is 142 cm³/mol. The van der Waals surface area contributed by atoms with Crippen LogP contribution in [0.4, 0.5) is 0 Å². The number of quaternary nitrogens is 3. The van der Waals surface area contributed by atoms with E-state index in [4.69, 9.17) is 97.0 Å². The monoisotopic (exact) mass is 765 g/mol. The molecule has 0 aromatic carbocycles. The predicted octanol–water partition coefficient (Wildman–Crippen LogP) is -0.859. The molecule has 0 aliphatic rings. The average molecular weight is 765 g/mol. The maximum Gasteiger partial charge on any atom is 3.00 e.